The van der Waals surface area contributed by atoms with Crippen LogP contribution in [-0.4, -0.2) is 81.9 Å². The Labute approximate surface area is 192 Å². The zero-order valence-corrected chi connectivity index (χ0v) is 19.3. The van der Waals surface area contributed by atoms with Crippen molar-refractivity contribution in [2.24, 2.45) is 11.8 Å². The van der Waals surface area contributed by atoms with Gasteiger partial charge in [-0.3, -0.25) is 4.90 Å². The number of morpholine rings is 1. The quantitative estimate of drug-likeness (QED) is 0.685. The highest BCUT2D eigenvalue weighted by Gasteiger charge is 2.60. The SMILES string of the molecule is O=S1(=O)N[C@@]2(CN1CC(F)(F)F)[C@@H]1CC[C@H]2Cc2ccc(OCCN3CCOCC3)cc2C1. The molecule has 2 saturated heterocycles. The van der Waals surface area contributed by atoms with E-state index in [0.717, 1.165) is 62.6 Å². The molecule has 1 spiro atoms. The highest BCUT2D eigenvalue weighted by molar-refractivity contribution is 7.87. The van der Waals surface area contributed by atoms with Crippen LogP contribution >= 0.6 is 0 Å². The highest BCUT2D eigenvalue weighted by atomic mass is 32.2. The number of halogens is 3. The molecule has 0 aromatic heterocycles. The summed E-state index contributed by atoms with van der Waals surface area (Å²) in [5.74, 6) is 0.713. The molecule has 5 rings (SSSR count). The van der Waals surface area contributed by atoms with Gasteiger partial charge in [-0.25, -0.2) is 0 Å². The molecule has 1 saturated carbocycles. The predicted molar refractivity (Wildman–Crippen MR) is 115 cm³/mol. The summed E-state index contributed by atoms with van der Waals surface area (Å²) in [5, 5.41) is 0. The first-order valence-corrected chi connectivity index (χ1v) is 13.0. The normalized spacial score (nSPS) is 32.1. The fourth-order valence-corrected chi connectivity index (χ4v) is 7.74. The van der Waals surface area contributed by atoms with Crippen LogP contribution in [0, 0.1) is 11.8 Å². The molecule has 11 heteroatoms. The maximum atomic E-state index is 13.0. The van der Waals surface area contributed by atoms with E-state index in [1.54, 1.807) is 0 Å². The fourth-order valence-electron chi connectivity index (χ4n) is 6.03. The smallest absolute Gasteiger partial charge is 0.402 e. The molecule has 0 unspecified atom stereocenters. The largest absolute Gasteiger partial charge is 0.492 e. The summed E-state index contributed by atoms with van der Waals surface area (Å²) in [6, 6.07) is 6.00. The molecule has 3 fully saturated rings. The lowest BCUT2D eigenvalue weighted by Crippen LogP contribution is -2.52. The number of ether oxygens (including phenoxy) is 2. The molecule has 1 aromatic carbocycles. The van der Waals surface area contributed by atoms with Crippen molar-refractivity contribution in [3.63, 3.8) is 0 Å². The number of nitrogens with one attached hydrogen (secondary N) is 1. The first kappa shape index (κ1) is 23.3. The Morgan fingerprint density at radius 2 is 1.82 bits per heavy atom. The van der Waals surface area contributed by atoms with Gasteiger partial charge in [0, 0.05) is 26.2 Å². The monoisotopic (exact) mass is 489 g/mol. The first-order valence-electron chi connectivity index (χ1n) is 11.6. The Balaban J connectivity index is 1.30. The van der Waals surface area contributed by atoms with E-state index in [1.165, 1.54) is 0 Å². The molecule has 4 aliphatic rings. The Morgan fingerprint density at radius 1 is 1.12 bits per heavy atom. The second kappa shape index (κ2) is 8.67. The lowest BCUT2D eigenvalue weighted by Gasteiger charge is -2.33. The van der Waals surface area contributed by atoms with Crippen LogP contribution in [-0.2, 0) is 27.8 Å². The Bertz CT molecular complexity index is 984. The van der Waals surface area contributed by atoms with Gasteiger partial charge in [-0.1, -0.05) is 6.07 Å². The van der Waals surface area contributed by atoms with Gasteiger partial charge in [0.05, 0.1) is 18.8 Å². The van der Waals surface area contributed by atoms with Gasteiger partial charge in [0.1, 0.15) is 18.9 Å². The highest BCUT2D eigenvalue weighted by Crippen LogP contribution is 2.50. The molecular weight excluding hydrogens is 459 g/mol. The molecule has 184 valence electrons. The molecule has 2 aliphatic heterocycles. The average molecular weight is 490 g/mol. The summed E-state index contributed by atoms with van der Waals surface area (Å²) in [5.41, 5.74) is 1.40. The summed E-state index contributed by atoms with van der Waals surface area (Å²) in [4.78, 5) is 2.30. The third-order valence-corrected chi connectivity index (χ3v) is 9.24. The number of nitrogens with zero attached hydrogens (tertiary/aromatic N) is 2. The summed E-state index contributed by atoms with van der Waals surface area (Å²) < 4.78 is 78.9. The standard InChI is InChI=1S/C22H30F3N3O4S/c23-22(24,25)15-28-14-21(26-33(28,29)30)18-2-3-19(21)12-17-13-20(4-1-16(17)11-18)32-10-7-27-5-8-31-9-6-27/h1,4,13,18-19,26H,2-3,5-12,14-15H2/t18-,19+,21+/m0/s1. The number of alkyl halides is 3. The number of benzene rings is 1. The molecule has 0 radical (unpaired) electrons. The van der Waals surface area contributed by atoms with Gasteiger partial charge >= 0.3 is 6.18 Å². The zero-order chi connectivity index (χ0) is 23.3. The minimum absolute atomic E-state index is 0.0233. The topological polar surface area (TPSA) is 71.1 Å². The van der Waals surface area contributed by atoms with Crippen molar-refractivity contribution in [1.82, 2.24) is 13.9 Å². The Hall–Kier alpha value is -1.40. The molecule has 2 heterocycles. The maximum absolute atomic E-state index is 13.0. The summed E-state index contributed by atoms with van der Waals surface area (Å²) in [7, 11) is -4.16. The van der Waals surface area contributed by atoms with Crippen molar-refractivity contribution in [3.8, 4) is 5.75 Å². The van der Waals surface area contributed by atoms with E-state index in [2.05, 4.69) is 9.62 Å². The van der Waals surface area contributed by atoms with E-state index in [9.17, 15) is 21.6 Å². The van der Waals surface area contributed by atoms with Crippen molar-refractivity contribution < 1.29 is 31.1 Å². The molecule has 2 aliphatic carbocycles. The summed E-state index contributed by atoms with van der Waals surface area (Å²) in [6.07, 6.45) is -1.67. The lowest BCUT2D eigenvalue weighted by molar-refractivity contribution is -0.136. The Kier molecular flexibility index (Phi) is 6.14. The van der Waals surface area contributed by atoms with Crippen LogP contribution in [0.4, 0.5) is 13.2 Å². The molecule has 33 heavy (non-hydrogen) atoms. The van der Waals surface area contributed by atoms with Crippen molar-refractivity contribution in [3.05, 3.63) is 29.3 Å². The van der Waals surface area contributed by atoms with Crippen LogP contribution in [0.3, 0.4) is 0 Å². The van der Waals surface area contributed by atoms with Crippen LogP contribution in [0.5, 0.6) is 5.75 Å². The van der Waals surface area contributed by atoms with Gasteiger partial charge in [-0.05, 0) is 60.8 Å². The predicted octanol–water partition coefficient (Wildman–Crippen LogP) is 1.97. The molecule has 7 nitrogen and oxygen atoms in total. The number of fused-ring (bicyclic) bond motifs is 1. The van der Waals surface area contributed by atoms with Crippen molar-refractivity contribution in [2.75, 3.05) is 52.5 Å². The minimum atomic E-state index is -4.57. The van der Waals surface area contributed by atoms with E-state index in [0.29, 0.717) is 23.8 Å². The number of hydrogen-bond donors (Lipinski definition) is 1. The van der Waals surface area contributed by atoms with Crippen LogP contribution in [0.25, 0.3) is 0 Å². The van der Waals surface area contributed by atoms with E-state index in [4.69, 9.17) is 9.47 Å². The lowest BCUT2D eigenvalue weighted by atomic mass is 9.79. The van der Waals surface area contributed by atoms with Crippen LogP contribution in [0.2, 0.25) is 0 Å². The third kappa shape index (κ3) is 4.75. The second-order valence-electron chi connectivity index (χ2n) is 9.64. The van der Waals surface area contributed by atoms with E-state index >= 15 is 0 Å². The fraction of sp³-hybridized carbons (Fsp3) is 0.727. The van der Waals surface area contributed by atoms with Crippen molar-refractivity contribution in [1.29, 1.82) is 0 Å². The van der Waals surface area contributed by atoms with Gasteiger partial charge in [0.25, 0.3) is 10.2 Å². The van der Waals surface area contributed by atoms with Crippen LogP contribution in [0.15, 0.2) is 18.2 Å². The van der Waals surface area contributed by atoms with E-state index < -0.39 is 28.5 Å². The van der Waals surface area contributed by atoms with E-state index in [-0.39, 0.29) is 18.4 Å². The first-order chi connectivity index (χ1) is 15.6. The van der Waals surface area contributed by atoms with Crippen molar-refractivity contribution in [2.45, 2.75) is 37.4 Å². The zero-order valence-electron chi connectivity index (χ0n) is 18.4. The van der Waals surface area contributed by atoms with Crippen molar-refractivity contribution >= 4 is 10.2 Å². The van der Waals surface area contributed by atoms with Gasteiger partial charge in [0.15, 0.2) is 0 Å². The third-order valence-electron chi connectivity index (χ3n) is 7.66. The van der Waals surface area contributed by atoms with E-state index in [1.807, 2.05) is 18.2 Å². The van der Waals surface area contributed by atoms with Gasteiger partial charge in [0.2, 0.25) is 0 Å². The van der Waals surface area contributed by atoms with Gasteiger partial charge in [-0.15, -0.1) is 0 Å². The summed E-state index contributed by atoms with van der Waals surface area (Å²) >= 11 is 0. The summed E-state index contributed by atoms with van der Waals surface area (Å²) in [6.45, 7) is 3.12. The molecule has 2 bridgehead atoms. The number of hydrogen-bond acceptors (Lipinski definition) is 5. The molecule has 1 aromatic rings. The maximum Gasteiger partial charge on any atom is 0.402 e. The van der Waals surface area contributed by atoms with Crippen LogP contribution in [0.1, 0.15) is 24.0 Å². The molecule has 1 N–H and O–H groups in total. The Morgan fingerprint density at radius 3 is 2.52 bits per heavy atom. The number of rotatable bonds is 5. The van der Waals surface area contributed by atoms with Gasteiger partial charge < -0.3 is 9.47 Å². The average Bonchev–Trinajstić information content (AvgIpc) is 3.12. The molecular formula is C22H30F3N3O4S. The second-order valence-corrected chi connectivity index (χ2v) is 11.3. The van der Waals surface area contributed by atoms with Crippen LogP contribution < -0.4 is 9.46 Å². The van der Waals surface area contributed by atoms with Gasteiger partial charge in [-0.2, -0.15) is 30.6 Å². The molecule has 0 amide bonds. The molecule has 3 atom stereocenters. The minimum Gasteiger partial charge on any atom is -0.492 e.